The van der Waals surface area contributed by atoms with Gasteiger partial charge in [-0.15, -0.1) is 0 Å². The third kappa shape index (κ3) is 1.91. The van der Waals surface area contributed by atoms with E-state index in [1.807, 2.05) is 32.0 Å². The van der Waals surface area contributed by atoms with Gasteiger partial charge >= 0.3 is 0 Å². The molecular formula is C12H14N2O2. The maximum Gasteiger partial charge on any atom is 0.246 e. The number of benzene rings is 1. The normalized spacial score (nSPS) is 16.2. The highest BCUT2D eigenvalue weighted by Gasteiger charge is 2.24. The van der Waals surface area contributed by atoms with Gasteiger partial charge in [0.15, 0.2) is 0 Å². The Morgan fingerprint density at radius 2 is 1.94 bits per heavy atom. The van der Waals surface area contributed by atoms with Gasteiger partial charge in [0.2, 0.25) is 11.8 Å². The fraction of sp³-hybridized carbons (Fsp3) is 0.333. The summed E-state index contributed by atoms with van der Waals surface area (Å²) in [5, 5.41) is 2.53. The number of nitrogens with one attached hydrogen (secondary N) is 1. The SMILES string of the molecule is Cc1ccc(N2CC(=O)NCC2=O)cc1C. The molecule has 0 bridgehead atoms. The van der Waals surface area contributed by atoms with Gasteiger partial charge in [0.1, 0.15) is 6.54 Å². The van der Waals surface area contributed by atoms with Gasteiger partial charge in [-0.2, -0.15) is 0 Å². The second kappa shape index (κ2) is 3.96. The molecule has 1 N–H and O–H groups in total. The van der Waals surface area contributed by atoms with Crippen molar-refractivity contribution in [3.05, 3.63) is 29.3 Å². The smallest absolute Gasteiger partial charge is 0.246 e. The number of nitrogens with zero attached hydrogens (tertiary/aromatic N) is 1. The summed E-state index contributed by atoms with van der Waals surface area (Å²) in [7, 11) is 0. The summed E-state index contributed by atoms with van der Waals surface area (Å²) >= 11 is 0. The Balaban J connectivity index is 2.31. The van der Waals surface area contributed by atoms with Crippen LogP contribution in [0.4, 0.5) is 5.69 Å². The molecule has 1 aromatic carbocycles. The molecule has 1 aromatic rings. The Morgan fingerprint density at radius 3 is 2.62 bits per heavy atom. The molecule has 0 aliphatic carbocycles. The summed E-state index contributed by atoms with van der Waals surface area (Å²) in [4.78, 5) is 24.4. The van der Waals surface area contributed by atoms with E-state index in [2.05, 4.69) is 5.32 Å². The van der Waals surface area contributed by atoms with Crippen molar-refractivity contribution in [3.8, 4) is 0 Å². The van der Waals surface area contributed by atoms with Gasteiger partial charge in [-0.3, -0.25) is 9.59 Å². The third-order valence-corrected chi connectivity index (χ3v) is 2.84. The first kappa shape index (κ1) is 10.7. The predicted molar refractivity (Wildman–Crippen MR) is 61.3 cm³/mol. The van der Waals surface area contributed by atoms with Crippen molar-refractivity contribution in [2.24, 2.45) is 0 Å². The zero-order valence-corrected chi connectivity index (χ0v) is 9.41. The van der Waals surface area contributed by atoms with Crippen LogP contribution in [0.25, 0.3) is 0 Å². The van der Waals surface area contributed by atoms with E-state index in [1.54, 1.807) is 0 Å². The fourth-order valence-corrected chi connectivity index (χ4v) is 1.69. The van der Waals surface area contributed by atoms with Crippen molar-refractivity contribution in [2.75, 3.05) is 18.0 Å². The molecular weight excluding hydrogens is 204 g/mol. The molecule has 4 nitrogen and oxygen atoms in total. The lowest BCUT2D eigenvalue weighted by Crippen LogP contribution is -2.51. The number of anilines is 1. The maximum atomic E-state index is 11.6. The van der Waals surface area contributed by atoms with Crippen molar-refractivity contribution in [3.63, 3.8) is 0 Å². The Bertz CT molecular complexity index is 454. The molecule has 1 saturated heterocycles. The molecule has 1 aliphatic rings. The minimum Gasteiger partial charge on any atom is -0.345 e. The third-order valence-electron chi connectivity index (χ3n) is 2.84. The van der Waals surface area contributed by atoms with Gasteiger partial charge in [-0.25, -0.2) is 0 Å². The van der Waals surface area contributed by atoms with E-state index in [0.717, 1.165) is 11.3 Å². The maximum absolute atomic E-state index is 11.6. The van der Waals surface area contributed by atoms with Crippen LogP contribution in [0.5, 0.6) is 0 Å². The highest BCUT2D eigenvalue weighted by molar-refractivity contribution is 6.04. The minimum atomic E-state index is -0.113. The lowest BCUT2D eigenvalue weighted by atomic mass is 10.1. The zero-order valence-electron chi connectivity index (χ0n) is 9.41. The van der Waals surface area contributed by atoms with Crippen molar-refractivity contribution in [1.29, 1.82) is 0 Å². The minimum absolute atomic E-state index is 0.0668. The molecule has 1 fully saturated rings. The molecule has 0 unspecified atom stereocenters. The molecule has 2 rings (SSSR count). The van der Waals surface area contributed by atoms with E-state index < -0.39 is 0 Å². The summed E-state index contributed by atoms with van der Waals surface area (Å²) in [6.07, 6.45) is 0. The monoisotopic (exact) mass is 218 g/mol. The zero-order chi connectivity index (χ0) is 11.7. The lowest BCUT2D eigenvalue weighted by Gasteiger charge is -2.27. The number of carbonyl (C=O) groups is 2. The molecule has 2 amide bonds. The van der Waals surface area contributed by atoms with E-state index in [4.69, 9.17) is 0 Å². The molecule has 0 saturated carbocycles. The molecule has 16 heavy (non-hydrogen) atoms. The number of carbonyl (C=O) groups excluding carboxylic acids is 2. The van der Waals surface area contributed by atoms with Crippen LogP contribution in [-0.2, 0) is 9.59 Å². The van der Waals surface area contributed by atoms with Crippen molar-refractivity contribution in [2.45, 2.75) is 13.8 Å². The van der Waals surface area contributed by atoms with E-state index in [0.29, 0.717) is 0 Å². The molecule has 0 atom stereocenters. The number of hydrogen-bond donors (Lipinski definition) is 1. The first-order valence-electron chi connectivity index (χ1n) is 5.22. The standard InChI is InChI=1S/C12H14N2O2/c1-8-3-4-10(5-9(8)2)14-7-11(15)13-6-12(14)16/h3-5H,6-7H2,1-2H3,(H,13,15). The van der Waals surface area contributed by atoms with E-state index >= 15 is 0 Å². The lowest BCUT2D eigenvalue weighted by molar-refractivity contribution is -0.128. The molecule has 0 aromatic heterocycles. The second-order valence-corrected chi connectivity index (χ2v) is 4.03. The van der Waals surface area contributed by atoms with Crippen molar-refractivity contribution in [1.82, 2.24) is 5.32 Å². The highest BCUT2D eigenvalue weighted by Crippen LogP contribution is 2.19. The molecule has 0 radical (unpaired) electrons. The van der Waals surface area contributed by atoms with Gasteiger partial charge in [0, 0.05) is 5.69 Å². The van der Waals surface area contributed by atoms with Crippen LogP contribution in [-0.4, -0.2) is 24.9 Å². The average molecular weight is 218 g/mol. The van der Waals surface area contributed by atoms with Crippen molar-refractivity contribution < 1.29 is 9.59 Å². The van der Waals surface area contributed by atoms with E-state index in [-0.39, 0.29) is 24.9 Å². The van der Waals surface area contributed by atoms with Crippen molar-refractivity contribution >= 4 is 17.5 Å². The van der Waals surface area contributed by atoms with Gasteiger partial charge in [0.05, 0.1) is 6.54 Å². The predicted octanol–water partition coefficient (Wildman–Crippen LogP) is 0.766. The number of hydrogen-bond acceptors (Lipinski definition) is 2. The largest absolute Gasteiger partial charge is 0.345 e. The molecule has 84 valence electrons. The molecule has 1 heterocycles. The summed E-state index contributed by atoms with van der Waals surface area (Å²) in [5.74, 6) is -0.180. The highest BCUT2D eigenvalue weighted by atomic mass is 16.2. The average Bonchev–Trinajstić information content (AvgIpc) is 2.26. The Labute approximate surface area is 94.2 Å². The summed E-state index contributed by atoms with van der Waals surface area (Å²) < 4.78 is 0. The van der Waals surface area contributed by atoms with E-state index in [1.165, 1.54) is 10.5 Å². The number of piperazine rings is 1. The number of rotatable bonds is 1. The number of amides is 2. The Morgan fingerprint density at radius 1 is 1.19 bits per heavy atom. The topological polar surface area (TPSA) is 49.4 Å². The van der Waals surface area contributed by atoms with Crippen LogP contribution in [0, 0.1) is 13.8 Å². The molecule has 0 spiro atoms. The first-order valence-corrected chi connectivity index (χ1v) is 5.22. The Hall–Kier alpha value is -1.84. The second-order valence-electron chi connectivity index (χ2n) is 4.03. The van der Waals surface area contributed by atoms with Gasteiger partial charge in [0.25, 0.3) is 0 Å². The van der Waals surface area contributed by atoms with E-state index in [9.17, 15) is 9.59 Å². The van der Waals surface area contributed by atoms with Crippen LogP contribution in [0.1, 0.15) is 11.1 Å². The summed E-state index contributed by atoms with van der Waals surface area (Å²) in [6, 6.07) is 5.77. The van der Waals surface area contributed by atoms with Crippen LogP contribution in [0.15, 0.2) is 18.2 Å². The molecule has 1 aliphatic heterocycles. The van der Waals surface area contributed by atoms with Crippen LogP contribution in [0.3, 0.4) is 0 Å². The van der Waals surface area contributed by atoms with Crippen LogP contribution >= 0.6 is 0 Å². The summed E-state index contributed by atoms with van der Waals surface area (Å²) in [5.41, 5.74) is 3.09. The summed E-state index contributed by atoms with van der Waals surface area (Å²) in [6.45, 7) is 4.21. The quantitative estimate of drug-likeness (QED) is 0.756. The van der Waals surface area contributed by atoms with Gasteiger partial charge in [-0.05, 0) is 37.1 Å². The fourth-order valence-electron chi connectivity index (χ4n) is 1.69. The van der Waals surface area contributed by atoms with Gasteiger partial charge in [-0.1, -0.05) is 6.07 Å². The Kier molecular flexibility index (Phi) is 2.64. The first-order chi connectivity index (χ1) is 7.58. The van der Waals surface area contributed by atoms with Crippen LogP contribution < -0.4 is 10.2 Å². The van der Waals surface area contributed by atoms with Gasteiger partial charge < -0.3 is 10.2 Å². The number of aryl methyl sites for hydroxylation is 2. The van der Waals surface area contributed by atoms with Crippen LogP contribution in [0.2, 0.25) is 0 Å². The molecule has 4 heteroatoms.